The Morgan fingerprint density at radius 3 is 2.77 bits per heavy atom. The van der Waals surface area contributed by atoms with Crippen LogP contribution >= 0.6 is 0 Å². The van der Waals surface area contributed by atoms with Gasteiger partial charge >= 0.3 is 0 Å². The van der Waals surface area contributed by atoms with Crippen molar-refractivity contribution in [1.82, 2.24) is 10.2 Å². The highest BCUT2D eigenvalue weighted by atomic mass is 15.2. The third kappa shape index (κ3) is 2.32. The second-order valence-electron chi connectivity index (χ2n) is 5.13. The van der Waals surface area contributed by atoms with Crippen LogP contribution in [0, 0.1) is 5.41 Å². The molecule has 0 saturated carbocycles. The van der Waals surface area contributed by atoms with Crippen LogP contribution in [0.15, 0.2) is 11.6 Å². The van der Waals surface area contributed by atoms with E-state index in [4.69, 9.17) is 0 Å². The molecule has 0 radical (unpaired) electrons. The second-order valence-corrected chi connectivity index (χ2v) is 5.13. The summed E-state index contributed by atoms with van der Waals surface area (Å²) in [6.07, 6.45) is 3.60. The van der Waals surface area contributed by atoms with Crippen molar-refractivity contribution in [3.63, 3.8) is 0 Å². The lowest BCUT2D eigenvalue weighted by Crippen LogP contribution is -2.53. The summed E-state index contributed by atoms with van der Waals surface area (Å²) < 4.78 is 0. The molecule has 0 bridgehead atoms. The van der Waals surface area contributed by atoms with Gasteiger partial charge in [-0.15, -0.1) is 0 Å². The van der Waals surface area contributed by atoms with Gasteiger partial charge < -0.3 is 5.32 Å². The average molecular weight is 180 g/mol. The number of likely N-dealkylation sites (tertiary alicyclic amines) is 1. The van der Waals surface area contributed by atoms with E-state index < -0.39 is 0 Å². The molecule has 0 aromatic rings. The van der Waals surface area contributed by atoms with Crippen LogP contribution in [0.1, 0.15) is 20.3 Å². The van der Waals surface area contributed by atoms with E-state index in [1.54, 1.807) is 5.57 Å². The Morgan fingerprint density at radius 2 is 2.23 bits per heavy atom. The topological polar surface area (TPSA) is 15.3 Å². The van der Waals surface area contributed by atoms with Gasteiger partial charge in [-0.2, -0.15) is 0 Å². The number of nitrogens with zero attached hydrogens (tertiary/aromatic N) is 1. The molecule has 0 aromatic carbocycles. The molecule has 2 heteroatoms. The molecule has 0 amide bonds. The first kappa shape index (κ1) is 9.22. The Bertz CT molecular complexity index is 210. The lowest BCUT2D eigenvalue weighted by Gasteiger charge is -2.46. The molecule has 0 unspecified atom stereocenters. The predicted molar refractivity (Wildman–Crippen MR) is 55.8 cm³/mol. The lowest BCUT2D eigenvalue weighted by atomic mass is 9.84. The van der Waals surface area contributed by atoms with Crippen LogP contribution in [-0.2, 0) is 0 Å². The maximum atomic E-state index is 3.35. The molecule has 1 fully saturated rings. The SMILES string of the molecule is CC1(C)CN(CC2=CCNCC2)C1. The van der Waals surface area contributed by atoms with Crippen LogP contribution in [-0.4, -0.2) is 37.6 Å². The fraction of sp³-hybridized carbons (Fsp3) is 0.818. The van der Waals surface area contributed by atoms with Gasteiger partial charge in [-0.3, -0.25) is 4.90 Å². The molecule has 1 N–H and O–H groups in total. The van der Waals surface area contributed by atoms with Crippen molar-refractivity contribution in [2.45, 2.75) is 20.3 Å². The Kier molecular flexibility index (Phi) is 2.43. The van der Waals surface area contributed by atoms with Crippen LogP contribution in [0.3, 0.4) is 0 Å². The van der Waals surface area contributed by atoms with Gasteiger partial charge in [-0.1, -0.05) is 25.5 Å². The standard InChI is InChI=1S/C11H20N2/c1-11(2)8-13(9-11)7-10-3-5-12-6-4-10/h3,12H,4-9H2,1-2H3. The van der Waals surface area contributed by atoms with E-state index in [2.05, 4.69) is 30.1 Å². The molecule has 1 saturated heterocycles. The average Bonchev–Trinajstić information content (AvgIpc) is 2.03. The summed E-state index contributed by atoms with van der Waals surface area (Å²) in [6.45, 7) is 10.7. The molecule has 0 aromatic heterocycles. The van der Waals surface area contributed by atoms with E-state index in [1.165, 1.54) is 32.6 Å². The normalized spacial score (nSPS) is 28.0. The van der Waals surface area contributed by atoms with Gasteiger partial charge in [0.25, 0.3) is 0 Å². The van der Waals surface area contributed by atoms with Crippen molar-refractivity contribution < 1.29 is 0 Å². The minimum Gasteiger partial charge on any atom is -0.313 e. The summed E-state index contributed by atoms with van der Waals surface area (Å²) in [6, 6.07) is 0. The van der Waals surface area contributed by atoms with Crippen molar-refractivity contribution in [2.24, 2.45) is 5.41 Å². The maximum Gasteiger partial charge on any atom is 0.0194 e. The smallest absolute Gasteiger partial charge is 0.0194 e. The molecule has 2 aliphatic rings. The molecular weight excluding hydrogens is 160 g/mol. The Hall–Kier alpha value is -0.340. The third-order valence-electron chi connectivity index (χ3n) is 2.89. The summed E-state index contributed by atoms with van der Waals surface area (Å²) in [4.78, 5) is 2.55. The molecule has 74 valence electrons. The molecule has 0 aliphatic carbocycles. The fourth-order valence-electron chi connectivity index (χ4n) is 2.38. The summed E-state index contributed by atoms with van der Waals surface area (Å²) in [5, 5.41) is 3.35. The van der Waals surface area contributed by atoms with E-state index in [9.17, 15) is 0 Å². The highest BCUT2D eigenvalue weighted by Crippen LogP contribution is 2.29. The summed E-state index contributed by atoms with van der Waals surface area (Å²) in [5.41, 5.74) is 2.21. The van der Waals surface area contributed by atoms with E-state index >= 15 is 0 Å². The number of nitrogens with one attached hydrogen (secondary N) is 1. The van der Waals surface area contributed by atoms with Crippen LogP contribution in [0.5, 0.6) is 0 Å². The first-order valence-corrected chi connectivity index (χ1v) is 5.27. The molecule has 2 rings (SSSR count). The van der Waals surface area contributed by atoms with E-state index in [0.717, 1.165) is 6.54 Å². The predicted octanol–water partition coefficient (Wildman–Crippen LogP) is 1.25. The second kappa shape index (κ2) is 3.43. The van der Waals surface area contributed by atoms with E-state index in [0.29, 0.717) is 5.41 Å². The Morgan fingerprint density at radius 1 is 1.46 bits per heavy atom. The zero-order chi connectivity index (χ0) is 9.31. The number of hydrogen-bond acceptors (Lipinski definition) is 2. The van der Waals surface area contributed by atoms with E-state index in [1.807, 2.05) is 0 Å². The zero-order valence-corrected chi connectivity index (χ0v) is 8.77. The summed E-state index contributed by atoms with van der Waals surface area (Å²) >= 11 is 0. The molecular formula is C11H20N2. The molecule has 0 atom stereocenters. The Balaban J connectivity index is 1.77. The van der Waals surface area contributed by atoms with Gasteiger partial charge in [-0.25, -0.2) is 0 Å². The van der Waals surface area contributed by atoms with Crippen molar-refractivity contribution in [3.05, 3.63) is 11.6 Å². The van der Waals surface area contributed by atoms with Gasteiger partial charge in [0.1, 0.15) is 0 Å². The van der Waals surface area contributed by atoms with Crippen molar-refractivity contribution in [3.8, 4) is 0 Å². The zero-order valence-electron chi connectivity index (χ0n) is 8.77. The molecule has 13 heavy (non-hydrogen) atoms. The molecule has 2 heterocycles. The quantitative estimate of drug-likeness (QED) is 0.643. The maximum absolute atomic E-state index is 3.35. The minimum absolute atomic E-state index is 0.577. The van der Waals surface area contributed by atoms with Crippen molar-refractivity contribution in [1.29, 1.82) is 0 Å². The van der Waals surface area contributed by atoms with Crippen LogP contribution in [0.2, 0.25) is 0 Å². The number of hydrogen-bond donors (Lipinski definition) is 1. The highest BCUT2D eigenvalue weighted by molar-refractivity contribution is 5.10. The molecule has 2 nitrogen and oxygen atoms in total. The molecule has 0 spiro atoms. The van der Waals surface area contributed by atoms with Crippen molar-refractivity contribution in [2.75, 3.05) is 32.7 Å². The van der Waals surface area contributed by atoms with Crippen LogP contribution in [0.25, 0.3) is 0 Å². The van der Waals surface area contributed by atoms with Gasteiger partial charge in [0.05, 0.1) is 0 Å². The van der Waals surface area contributed by atoms with Gasteiger partial charge in [-0.05, 0) is 18.4 Å². The highest BCUT2D eigenvalue weighted by Gasteiger charge is 2.33. The first-order valence-electron chi connectivity index (χ1n) is 5.27. The van der Waals surface area contributed by atoms with Gasteiger partial charge in [0.2, 0.25) is 0 Å². The van der Waals surface area contributed by atoms with Crippen molar-refractivity contribution >= 4 is 0 Å². The van der Waals surface area contributed by atoms with Crippen LogP contribution in [0.4, 0.5) is 0 Å². The third-order valence-corrected chi connectivity index (χ3v) is 2.89. The lowest BCUT2D eigenvalue weighted by molar-refractivity contribution is 0.0392. The minimum atomic E-state index is 0.577. The monoisotopic (exact) mass is 180 g/mol. The van der Waals surface area contributed by atoms with Gasteiger partial charge in [0.15, 0.2) is 0 Å². The van der Waals surface area contributed by atoms with Gasteiger partial charge in [0, 0.05) is 26.2 Å². The fourth-order valence-corrected chi connectivity index (χ4v) is 2.38. The summed E-state index contributed by atoms with van der Waals surface area (Å²) in [7, 11) is 0. The Labute approximate surface area is 81.0 Å². The first-order chi connectivity index (χ1) is 6.16. The molecule has 2 aliphatic heterocycles. The van der Waals surface area contributed by atoms with E-state index in [-0.39, 0.29) is 0 Å². The summed E-state index contributed by atoms with van der Waals surface area (Å²) in [5.74, 6) is 0. The largest absolute Gasteiger partial charge is 0.313 e. The van der Waals surface area contributed by atoms with Crippen LogP contribution < -0.4 is 5.32 Å². The number of rotatable bonds is 2.